The molecule has 0 bridgehead atoms. The zero-order valence-electron chi connectivity index (χ0n) is 22.2. The summed E-state index contributed by atoms with van der Waals surface area (Å²) in [6.07, 6.45) is -10.3. The highest BCUT2D eigenvalue weighted by Crippen LogP contribution is 2.37. The van der Waals surface area contributed by atoms with Crippen LogP contribution >= 0.6 is 36.4 Å². The van der Waals surface area contributed by atoms with Gasteiger partial charge in [0, 0.05) is 75.3 Å². The van der Waals surface area contributed by atoms with E-state index in [1.165, 1.54) is 4.90 Å². The fourth-order valence-corrected chi connectivity index (χ4v) is 5.21. The second-order valence-electron chi connectivity index (χ2n) is 10.3. The van der Waals surface area contributed by atoms with Gasteiger partial charge in [0.1, 0.15) is 0 Å². The number of piperazine rings is 1. The molecule has 0 N–H and O–H groups in total. The molecular weight excluding hydrogens is 641 g/mol. The van der Waals surface area contributed by atoms with Crippen LogP contribution in [-0.2, 0) is 18.8 Å². The Morgan fingerprint density at radius 3 is 1.86 bits per heavy atom. The van der Waals surface area contributed by atoms with Crippen molar-refractivity contribution in [1.29, 1.82) is 0 Å². The number of rotatable bonds is 6. The van der Waals surface area contributed by atoms with E-state index in [4.69, 9.17) is 11.6 Å². The maximum Gasteiger partial charge on any atom is 0.416 e. The molecule has 15 heteroatoms. The van der Waals surface area contributed by atoms with Crippen LogP contribution in [0, 0.1) is 0 Å². The lowest BCUT2D eigenvalue weighted by Gasteiger charge is -2.42. The maximum atomic E-state index is 13.5. The number of halogens is 11. The summed E-state index contributed by atoms with van der Waals surface area (Å²) in [5.41, 5.74) is -3.00. The van der Waals surface area contributed by atoms with Gasteiger partial charge < -0.3 is 9.80 Å². The predicted octanol–water partition coefficient (Wildman–Crippen LogP) is 7.32. The molecule has 0 aliphatic carbocycles. The normalized spacial score (nSPS) is 20.0. The maximum absolute atomic E-state index is 13.5. The summed E-state index contributed by atoms with van der Waals surface area (Å²) in [6, 6.07) is 7.13. The third kappa shape index (κ3) is 9.57. The number of hydrogen-bond donors (Lipinski definition) is 0. The quantitative estimate of drug-likeness (QED) is 0.302. The molecule has 0 saturated carbocycles. The van der Waals surface area contributed by atoms with Crippen molar-refractivity contribution < 1.29 is 39.9 Å². The minimum absolute atomic E-state index is 0. The molecule has 2 aromatic rings. The molecule has 2 fully saturated rings. The van der Waals surface area contributed by atoms with Crippen LogP contribution < -0.4 is 0 Å². The average molecular weight is 671 g/mol. The van der Waals surface area contributed by atoms with Crippen LogP contribution in [0.4, 0.5) is 35.1 Å². The summed E-state index contributed by atoms with van der Waals surface area (Å²) in [4.78, 5) is 18.7. The molecule has 4 rings (SSSR count). The van der Waals surface area contributed by atoms with Crippen LogP contribution in [0.5, 0.6) is 0 Å². The van der Waals surface area contributed by atoms with E-state index in [2.05, 4.69) is 0 Å². The molecule has 1 amide bonds. The predicted molar refractivity (Wildman–Crippen MR) is 148 cm³/mol. The van der Waals surface area contributed by atoms with Crippen LogP contribution in [0.15, 0.2) is 42.5 Å². The van der Waals surface area contributed by atoms with Gasteiger partial charge in [-0.05, 0) is 42.3 Å². The van der Waals surface area contributed by atoms with E-state index in [-0.39, 0.29) is 63.4 Å². The summed E-state index contributed by atoms with van der Waals surface area (Å²) in [5.74, 6) is -3.59. The lowest BCUT2D eigenvalue weighted by molar-refractivity contribution is -0.143. The van der Waals surface area contributed by atoms with E-state index >= 15 is 0 Å². The Morgan fingerprint density at radius 2 is 1.33 bits per heavy atom. The number of piperidine rings is 1. The van der Waals surface area contributed by atoms with Gasteiger partial charge in [-0.3, -0.25) is 9.69 Å². The monoisotopic (exact) mass is 669 g/mol. The van der Waals surface area contributed by atoms with Gasteiger partial charge in [-0.2, -0.15) is 26.3 Å². The molecular formula is C27H30Cl3F8N3O. The highest BCUT2D eigenvalue weighted by Gasteiger charge is 2.39. The molecule has 0 spiro atoms. The van der Waals surface area contributed by atoms with Crippen LogP contribution in [0.1, 0.15) is 39.9 Å². The standard InChI is InChI=1S/C27H28ClF8N3O.2ClH/c28-22-3-1-18(2-4-22)13-23-17-38(10-9-37-7-5-25(29,30)6-8-37)11-12-39(23)24(40)19-14-20(26(31,32)33)16-21(15-19)27(34,35)36;;/h1-4,14-16,23H,5-13,17H2;2*1H/t23-;;/m1../s1. The van der Waals surface area contributed by atoms with Gasteiger partial charge in [-0.25, -0.2) is 8.78 Å². The molecule has 0 unspecified atom stereocenters. The number of nitrogens with zero attached hydrogens (tertiary/aromatic N) is 3. The number of benzene rings is 2. The van der Waals surface area contributed by atoms with Crippen molar-refractivity contribution >= 4 is 42.3 Å². The summed E-state index contributed by atoms with van der Waals surface area (Å²) in [7, 11) is 0. The second kappa shape index (κ2) is 14.3. The first-order valence-electron chi connectivity index (χ1n) is 12.8. The largest absolute Gasteiger partial charge is 0.416 e. The lowest BCUT2D eigenvalue weighted by atomic mass is 9.99. The van der Waals surface area contributed by atoms with Gasteiger partial charge >= 0.3 is 12.4 Å². The van der Waals surface area contributed by atoms with Crippen LogP contribution in [0.3, 0.4) is 0 Å². The molecule has 4 nitrogen and oxygen atoms in total. The molecule has 0 aromatic heterocycles. The first-order chi connectivity index (χ1) is 18.6. The minimum atomic E-state index is -5.07. The van der Waals surface area contributed by atoms with E-state index in [1.54, 1.807) is 24.3 Å². The lowest BCUT2D eigenvalue weighted by Crippen LogP contribution is -2.57. The SMILES string of the molecule is Cl.Cl.O=C(c1cc(C(F)(F)F)cc(C(F)(F)F)c1)N1CCN(CCN2CCC(F)(F)CC2)C[C@H]1Cc1ccc(Cl)cc1. The molecule has 1 atom stereocenters. The number of carbonyl (C=O) groups is 1. The van der Waals surface area contributed by atoms with Gasteiger partial charge in [0.15, 0.2) is 0 Å². The topological polar surface area (TPSA) is 26.8 Å². The first-order valence-corrected chi connectivity index (χ1v) is 13.2. The van der Waals surface area contributed by atoms with E-state index < -0.39 is 46.9 Å². The summed E-state index contributed by atoms with van der Waals surface area (Å²) < 4.78 is 107. The Labute approximate surface area is 255 Å². The van der Waals surface area contributed by atoms with Crippen molar-refractivity contribution in [3.8, 4) is 0 Å². The molecule has 42 heavy (non-hydrogen) atoms. The van der Waals surface area contributed by atoms with Gasteiger partial charge in [-0.1, -0.05) is 23.7 Å². The van der Waals surface area contributed by atoms with Crippen molar-refractivity contribution in [2.45, 2.75) is 43.6 Å². The van der Waals surface area contributed by atoms with Crippen molar-refractivity contribution in [2.24, 2.45) is 0 Å². The van der Waals surface area contributed by atoms with Crippen molar-refractivity contribution in [1.82, 2.24) is 14.7 Å². The minimum Gasteiger partial charge on any atom is -0.333 e. The van der Waals surface area contributed by atoms with Crippen molar-refractivity contribution in [3.63, 3.8) is 0 Å². The first kappa shape index (κ1) is 36.3. The molecule has 236 valence electrons. The van der Waals surface area contributed by atoms with Gasteiger partial charge in [0.05, 0.1) is 11.1 Å². The fraction of sp³-hybridized carbons (Fsp3) is 0.519. The molecule has 2 heterocycles. The fourth-order valence-electron chi connectivity index (χ4n) is 5.09. The zero-order valence-corrected chi connectivity index (χ0v) is 24.5. The number of amides is 1. The van der Waals surface area contributed by atoms with E-state index in [9.17, 15) is 39.9 Å². The van der Waals surface area contributed by atoms with E-state index in [1.807, 2.05) is 9.80 Å². The third-order valence-corrected chi connectivity index (χ3v) is 7.62. The van der Waals surface area contributed by atoms with E-state index in [0.29, 0.717) is 49.8 Å². The van der Waals surface area contributed by atoms with Crippen LogP contribution in [-0.4, -0.2) is 78.4 Å². The van der Waals surface area contributed by atoms with Crippen molar-refractivity contribution in [2.75, 3.05) is 45.8 Å². The molecule has 2 saturated heterocycles. The smallest absolute Gasteiger partial charge is 0.333 e. The second-order valence-corrected chi connectivity index (χ2v) is 10.7. The molecule has 2 aliphatic heterocycles. The molecule has 2 aromatic carbocycles. The van der Waals surface area contributed by atoms with Crippen LogP contribution in [0.2, 0.25) is 5.02 Å². The van der Waals surface area contributed by atoms with Gasteiger partial charge in [-0.15, -0.1) is 24.8 Å². The Balaban J connectivity index is 0.00000308. The Hall–Kier alpha value is -1.86. The number of likely N-dealkylation sites (tertiary alicyclic amines) is 1. The highest BCUT2D eigenvalue weighted by molar-refractivity contribution is 6.30. The molecule has 2 aliphatic rings. The number of alkyl halides is 8. The zero-order chi connectivity index (χ0) is 29.3. The van der Waals surface area contributed by atoms with Gasteiger partial charge in [0.2, 0.25) is 0 Å². The Morgan fingerprint density at radius 1 is 0.810 bits per heavy atom. The molecule has 0 radical (unpaired) electrons. The van der Waals surface area contributed by atoms with E-state index in [0.717, 1.165) is 5.56 Å². The Bertz CT molecular complexity index is 1150. The van der Waals surface area contributed by atoms with Crippen molar-refractivity contribution in [3.05, 3.63) is 69.7 Å². The highest BCUT2D eigenvalue weighted by atomic mass is 35.5. The van der Waals surface area contributed by atoms with Crippen LogP contribution in [0.25, 0.3) is 0 Å². The van der Waals surface area contributed by atoms with Gasteiger partial charge in [0.25, 0.3) is 11.8 Å². The summed E-state index contributed by atoms with van der Waals surface area (Å²) >= 11 is 5.96. The average Bonchev–Trinajstić information content (AvgIpc) is 2.88. The number of carbonyl (C=O) groups excluding carboxylic acids is 1. The Kier molecular flexibility index (Phi) is 12.4. The summed E-state index contributed by atoms with van der Waals surface area (Å²) in [5, 5.41) is 0.484. The number of hydrogen-bond acceptors (Lipinski definition) is 3. The summed E-state index contributed by atoms with van der Waals surface area (Å²) in [6.45, 7) is 2.29. The third-order valence-electron chi connectivity index (χ3n) is 7.37.